The molecule has 166 valence electrons. The monoisotopic (exact) mass is 518 g/mol. The number of aliphatic hydroxyl groups excluding tert-OH is 5. The van der Waals surface area contributed by atoms with Gasteiger partial charge in [0.15, 0.2) is 0 Å². The van der Waals surface area contributed by atoms with Crippen molar-refractivity contribution in [3.8, 4) is 0 Å². The number of rotatable bonds is 9. The Hall–Kier alpha value is 0.113. The van der Waals surface area contributed by atoms with Crippen LogP contribution in [0.15, 0.2) is 0 Å². The van der Waals surface area contributed by atoms with Gasteiger partial charge in [-0.05, 0) is 0 Å². The molecular formula is C11H20O15P2Zn. The Morgan fingerprint density at radius 3 is 1.76 bits per heavy atom. The van der Waals surface area contributed by atoms with Crippen molar-refractivity contribution in [1.82, 2.24) is 0 Å². The first-order valence-electron chi connectivity index (χ1n) is 7.54. The van der Waals surface area contributed by atoms with E-state index < -0.39 is 77.6 Å². The molecule has 0 bridgehead atoms. The normalized spacial score (nSPS) is 34.9. The van der Waals surface area contributed by atoms with E-state index in [1.807, 2.05) is 0 Å². The van der Waals surface area contributed by atoms with E-state index in [1.54, 1.807) is 0 Å². The summed E-state index contributed by atoms with van der Waals surface area (Å²) in [4.78, 5) is 41.7. The van der Waals surface area contributed by atoms with Crippen LogP contribution in [0.25, 0.3) is 0 Å². The number of carbonyl (C=O) groups is 1. The van der Waals surface area contributed by atoms with Gasteiger partial charge in [-0.2, -0.15) is 0 Å². The second kappa shape index (κ2) is 11.7. The van der Waals surface area contributed by atoms with Crippen LogP contribution >= 0.6 is 15.6 Å². The van der Waals surface area contributed by atoms with Crippen molar-refractivity contribution in [2.24, 2.45) is 0 Å². The van der Waals surface area contributed by atoms with E-state index in [2.05, 4.69) is 18.3 Å². The van der Waals surface area contributed by atoms with Crippen LogP contribution in [0.2, 0.25) is 0 Å². The smallest absolute Gasteiger partial charge is 0.756 e. The Labute approximate surface area is 176 Å². The quantitative estimate of drug-likeness (QED) is 0.0947. The number of phosphoric acid groups is 2. The summed E-state index contributed by atoms with van der Waals surface area (Å²) < 4.78 is 39.5. The summed E-state index contributed by atoms with van der Waals surface area (Å²) in [6.45, 7) is -0.498. The van der Waals surface area contributed by atoms with Gasteiger partial charge in [0.25, 0.3) is 15.6 Å². The molecule has 1 saturated carbocycles. The molecular weight excluding hydrogens is 499 g/mol. The summed E-state index contributed by atoms with van der Waals surface area (Å²) in [5.41, 5.74) is 0. The number of hydrogen-bond acceptors (Lipinski definition) is 14. The zero-order chi connectivity index (χ0) is 21.9. The van der Waals surface area contributed by atoms with Gasteiger partial charge in [-0.3, -0.25) is 13.9 Å². The first-order chi connectivity index (χ1) is 12.6. The molecule has 7 atom stereocenters. The molecule has 0 radical (unpaired) electrons. The van der Waals surface area contributed by atoms with E-state index in [9.17, 15) is 49.2 Å². The number of hydrogen-bond donors (Lipinski definition) is 6. The molecule has 0 aromatic carbocycles. The summed E-state index contributed by atoms with van der Waals surface area (Å²) in [6, 6.07) is 0. The molecule has 0 saturated heterocycles. The van der Waals surface area contributed by atoms with Gasteiger partial charge in [-0.15, -0.1) is 0 Å². The molecule has 7 unspecified atom stereocenters. The van der Waals surface area contributed by atoms with E-state index >= 15 is 0 Å². The molecule has 0 amide bonds. The molecule has 1 aliphatic rings. The predicted molar refractivity (Wildman–Crippen MR) is 79.8 cm³/mol. The van der Waals surface area contributed by atoms with Crippen LogP contribution < -0.4 is 9.79 Å². The molecule has 1 aliphatic carbocycles. The molecule has 0 aliphatic heterocycles. The second-order valence-electron chi connectivity index (χ2n) is 5.77. The average Bonchev–Trinajstić information content (AvgIpc) is 2.56. The van der Waals surface area contributed by atoms with Crippen molar-refractivity contribution in [2.45, 2.75) is 49.7 Å². The third-order valence-corrected chi connectivity index (χ3v) is 4.93. The first kappa shape index (κ1) is 29.1. The summed E-state index contributed by atoms with van der Waals surface area (Å²) in [7, 11) is -10.8. The fourth-order valence-corrected chi connectivity index (χ4v) is 3.72. The third-order valence-electron chi connectivity index (χ3n) is 3.46. The summed E-state index contributed by atoms with van der Waals surface area (Å²) in [6.07, 6.45) is -15.2. The fourth-order valence-electron chi connectivity index (χ4n) is 2.20. The molecule has 29 heavy (non-hydrogen) atoms. The van der Waals surface area contributed by atoms with E-state index in [1.165, 1.54) is 0 Å². The molecule has 15 nitrogen and oxygen atoms in total. The van der Waals surface area contributed by atoms with Gasteiger partial charge in [0.05, 0.1) is 6.61 Å². The maximum absolute atomic E-state index is 11.8. The van der Waals surface area contributed by atoms with Gasteiger partial charge in [0.2, 0.25) is 0 Å². The zero-order valence-corrected chi connectivity index (χ0v) is 19.7. The van der Waals surface area contributed by atoms with Crippen molar-refractivity contribution in [1.29, 1.82) is 0 Å². The van der Waals surface area contributed by atoms with Crippen molar-refractivity contribution in [2.75, 3.05) is 13.2 Å². The maximum atomic E-state index is 11.8. The molecule has 6 N–H and O–H groups in total. The van der Waals surface area contributed by atoms with Crippen LogP contribution in [0.1, 0.15) is 6.92 Å². The van der Waals surface area contributed by atoms with Gasteiger partial charge in [0.1, 0.15) is 49.3 Å². The number of esters is 1. The van der Waals surface area contributed by atoms with Crippen LogP contribution in [0, 0.1) is 0 Å². The average molecular weight is 520 g/mol. The molecule has 0 aromatic heterocycles. The van der Waals surface area contributed by atoms with Crippen molar-refractivity contribution >= 4 is 21.6 Å². The van der Waals surface area contributed by atoms with Gasteiger partial charge >= 0.3 is 25.4 Å². The molecule has 0 heterocycles. The van der Waals surface area contributed by atoms with Crippen molar-refractivity contribution in [3.05, 3.63) is 0 Å². The Morgan fingerprint density at radius 2 is 1.38 bits per heavy atom. The van der Waals surface area contributed by atoms with Crippen LogP contribution in [0.5, 0.6) is 0 Å². The van der Waals surface area contributed by atoms with E-state index in [-0.39, 0.29) is 19.5 Å². The van der Waals surface area contributed by atoms with Crippen LogP contribution in [0.4, 0.5) is 0 Å². The SMILES string of the molecule is CC(=O)OCC(O)COP(=O)([O-])OC1C(O)C(O)C(OP(=O)([O-])O)C(O)C1O.[Zn+2]. The number of carbonyl (C=O) groups excluding carboxylic acids is 1. The van der Waals surface area contributed by atoms with Crippen molar-refractivity contribution < 1.29 is 91.9 Å². The van der Waals surface area contributed by atoms with E-state index in [4.69, 9.17) is 4.89 Å². The van der Waals surface area contributed by atoms with Gasteiger partial charge in [-0.1, -0.05) is 0 Å². The van der Waals surface area contributed by atoms with Crippen molar-refractivity contribution in [3.63, 3.8) is 0 Å². The predicted octanol–water partition coefficient (Wildman–Crippen LogP) is -4.92. The largest absolute Gasteiger partial charge is 2.00 e. The Kier molecular flexibility index (Phi) is 11.7. The summed E-state index contributed by atoms with van der Waals surface area (Å²) >= 11 is 0. The minimum atomic E-state index is -5.50. The minimum absolute atomic E-state index is 0. The van der Waals surface area contributed by atoms with E-state index in [0.29, 0.717) is 0 Å². The third kappa shape index (κ3) is 9.42. The standard InChI is InChI=1S/C11H22O15P2.Zn/c1-4(12)23-2-5(13)3-24-28(21,22)26-11-8(16)6(14)10(7(15)9(11)17)25-27(18,19)20;/h5-11,13-17H,2-3H2,1H3,(H,21,22)(H2,18,19,20);/q;+2/p-2. The topological polar surface area (TPSA) is 256 Å². The maximum Gasteiger partial charge on any atom is 2.00 e. The first-order valence-corrected chi connectivity index (χ1v) is 10.5. The Morgan fingerprint density at radius 1 is 0.966 bits per heavy atom. The Balaban J connectivity index is 0.00000784. The summed E-state index contributed by atoms with van der Waals surface area (Å²) in [5.74, 6) is -0.751. The molecule has 0 aromatic rings. The van der Waals surface area contributed by atoms with E-state index in [0.717, 1.165) is 6.92 Å². The molecule has 18 heteroatoms. The van der Waals surface area contributed by atoms with Gasteiger partial charge < -0.3 is 58.5 Å². The fraction of sp³-hybridized carbons (Fsp3) is 0.909. The minimum Gasteiger partial charge on any atom is -0.756 e. The van der Waals surface area contributed by atoms with Gasteiger partial charge in [-0.25, -0.2) is 0 Å². The van der Waals surface area contributed by atoms with Crippen LogP contribution in [-0.2, 0) is 51.7 Å². The number of ether oxygens (including phenoxy) is 1. The molecule has 1 fully saturated rings. The molecule has 1 rings (SSSR count). The number of phosphoric ester groups is 2. The summed E-state index contributed by atoms with van der Waals surface area (Å²) in [5, 5.41) is 48.7. The second-order valence-corrected chi connectivity index (χ2v) is 8.28. The molecule has 0 spiro atoms. The van der Waals surface area contributed by atoms with Crippen LogP contribution in [-0.4, -0.2) is 92.3 Å². The van der Waals surface area contributed by atoms with Crippen LogP contribution in [0.3, 0.4) is 0 Å². The zero-order valence-electron chi connectivity index (χ0n) is 14.9. The van der Waals surface area contributed by atoms with Gasteiger partial charge in [0, 0.05) is 6.92 Å². The Bertz CT molecular complexity index is 611. The number of aliphatic hydroxyl groups is 5.